The SMILES string of the molecule is CCNC(=O)[C@H]1CCO[C@@H]1c1ccnn1Cc1ccccc1. The van der Waals surface area contributed by atoms with Crippen LogP contribution in [0.3, 0.4) is 0 Å². The zero-order valence-electron chi connectivity index (χ0n) is 12.7. The maximum atomic E-state index is 12.2. The summed E-state index contributed by atoms with van der Waals surface area (Å²) in [5.74, 6) is -0.0661. The van der Waals surface area contributed by atoms with E-state index in [1.54, 1.807) is 6.20 Å². The molecule has 2 aromatic rings. The van der Waals surface area contributed by atoms with Gasteiger partial charge in [-0.2, -0.15) is 5.10 Å². The van der Waals surface area contributed by atoms with Crippen LogP contribution in [0.5, 0.6) is 0 Å². The minimum atomic E-state index is -0.210. The number of nitrogens with zero attached hydrogens (tertiary/aromatic N) is 2. The van der Waals surface area contributed by atoms with Gasteiger partial charge in [-0.05, 0) is 25.0 Å². The van der Waals surface area contributed by atoms with Gasteiger partial charge in [0.1, 0.15) is 6.10 Å². The van der Waals surface area contributed by atoms with Crippen molar-refractivity contribution in [1.82, 2.24) is 15.1 Å². The molecule has 5 nitrogen and oxygen atoms in total. The Hall–Kier alpha value is -2.14. The van der Waals surface area contributed by atoms with E-state index in [1.807, 2.05) is 35.9 Å². The predicted octanol–water partition coefficient (Wildman–Crippen LogP) is 2.15. The molecule has 116 valence electrons. The molecule has 0 unspecified atom stereocenters. The second kappa shape index (κ2) is 6.75. The topological polar surface area (TPSA) is 56.1 Å². The van der Waals surface area contributed by atoms with E-state index in [-0.39, 0.29) is 17.9 Å². The summed E-state index contributed by atoms with van der Waals surface area (Å²) < 4.78 is 7.76. The summed E-state index contributed by atoms with van der Waals surface area (Å²) in [4.78, 5) is 12.2. The quantitative estimate of drug-likeness (QED) is 0.920. The number of carbonyl (C=O) groups excluding carboxylic acids is 1. The largest absolute Gasteiger partial charge is 0.371 e. The van der Waals surface area contributed by atoms with Crippen LogP contribution in [0.1, 0.15) is 30.7 Å². The normalized spacial score (nSPS) is 21.0. The van der Waals surface area contributed by atoms with E-state index in [1.165, 1.54) is 5.56 Å². The van der Waals surface area contributed by atoms with Crippen LogP contribution >= 0.6 is 0 Å². The van der Waals surface area contributed by atoms with Gasteiger partial charge < -0.3 is 10.1 Å². The Morgan fingerprint density at radius 2 is 2.18 bits per heavy atom. The molecule has 2 atom stereocenters. The molecule has 1 saturated heterocycles. The van der Waals surface area contributed by atoms with Crippen LogP contribution in [0.4, 0.5) is 0 Å². The van der Waals surface area contributed by atoms with Crippen LogP contribution in [0.15, 0.2) is 42.6 Å². The van der Waals surface area contributed by atoms with Crippen molar-refractivity contribution >= 4 is 5.91 Å². The number of carbonyl (C=O) groups is 1. The third-order valence-corrected chi connectivity index (χ3v) is 4.00. The first kappa shape index (κ1) is 14.8. The van der Waals surface area contributed by atoms with Gasteiger partial charge in [0, 0.05) is 19.3 Å². The third kappa shape index (κ3) is 3.04. The van der Waals surface area contributed by atoms with E-state index in [0.717, 1.165) is 12.1 Å². The fourth-order valence-electron chi connectivity index (χ4n) is 2.93. The maximum absolute atomic E-state index is 12.2. The summed E-state index contributed by atoms with van der Waals surface area (Å²) in [5.41, 5.74) is 2.15. The molecule has 0 spiro atoms. The summed E-state index contributed by atoms with van der Waals surface area (Å²) in [7, 11) is 0. The molecule has 22 heavy (non-hydrogen) atoms. The molecule has 0 aliphatic carbocycles. The lowest BCUT2D eigenvalue weighted by Gasteiger charge is -2.19. The van der Waals surface area contributed by atoms with Crippen molar-refractivity contribution in [2.75, 3.05) is 13.2 Å². The Kier molecular flexibility index (Phi) is 4.53. The molecule has 5 heteroatoms. The Bertz CT molecular complexity index is 624. The number of nitrogens with one attached hydrogen (secondary N) is 1. The fourth-order valence-corrected chi connectivity index (χ4v) is 2.93. The lowest BCUT2D eigenvalue weighted by Crippen LogP contribution is -2.32. The highest BCUT2D eigenvalue weighted by Crippen LogP contribution is 2.34. The molecule has 2 heterocycles. The minimum absolute atomic E-state index is 0.0671. The zero-order chi connectivity index (χ0) is 15.4. The molecule has 1 fully saturated rings. The summed E-state index contributed by atoms with van der Waals surface area (Å²) in [6.07, 6.45) is 2.32. The predicted molar refractivity (Wildman–Crippen MR) is 83.3 cm³/mol. The average Bonchev–Trinajstić information content (AvgIpc) is 3.17. The van der Waals surface area contributed by atoms with Crippen LogP contribution in [0, 0.1) is 5.92 Å². The van der Waals surface area contributed by atoms with E-state index in [2.05, 4.69) is 22.5 Å². The van der Waals surface area contributed by atoms with Gasteiger partial charge in [0.15, 0.2) is 0 Å². The summed E-state index contributed by atoms with van der Waals surface area (Å²) >= 11 is 0. The first-order chi connectivity index (χ1) is 10.8. The highest BCUT2D eigenvalue weighted by atomic mass is 16.5. The van der Waals surface area contributed by atoms with E-state index in [4.69, 9.17) is 4.74 Å². The second-order valence-electron chi connectivity index (χ2n) is 5.48. The molecule has 1 aromatic carbocycles. The van der Waals surface area contributed by atoms with Crippen LogP contribution < -0.4 is 5.32 Å². The first-order valence-corrected chi connectivity index (χ1v) is 7.74. The number of benzene rings is 1. The van der Waals surface area contributed by atoms with Crippen molar-refractivity contribution in [3.05, 3.63) is 53.9 Å². The number of aromatic nitrogens is 2. The summed E-state index contributed by atoms with van der Waals surface area (Å²) in [6.45, 7) is 3.88. The second-order valence-corrected chi connectivity index (χ2v) is 5.48. The van der Waals surface area contributed by atoms with Crippen molar-refractivity contribution in [1.29, 1.82) is 0 Å². The average molecular weight is 299 g/mol. The van der Waals surface area contributed by atoms with Crippen LogP contribution in [0.2, 0.25) is 0 Å². The van der Waals surface area contributed by atoms with Gasteiger partial charge in [0.25, 0.3) is 0 Å². The van der Waals surface area contributed by atoms with Crippen molar-refractivity contribution in [3.8, 4) is 0 Å². The van der Waals surface area contributed by atoms with Crippen LogP contribution in [-0.2, 0) is 16.1 Å². The number of rotatable bonds is 5. The highest BCUT2D eigenvalue weighted by molar-refractivity contribution is 5.79. The van der Waals surface area contributed by atoms with Crippen molar-refractivity contribution in [2.24, 2.45) is 5.92 Å². The van der Waals surface area contributed by atoms with Gasteiger partial charge in [0.2, 0.25) is 5.91 Å². The molecule has 1 amide bonds. The lowest BCUT2D eigenvalue weighted by molar-refractivity contribution is -0.126. The molecular weight excluding hydrogens is 278 g/mol. The molecule has 0 radical (unpaired) electrons. The number of hydrogen-bond acceptors (Lipinski definition) is 3. The fraction of sp³-hybridized carbons (Fsp3) is 0.412. The molecule has 3 rings (SSSR count). The van der Waals surface area contributed by atoms with E-state index >= 15 is 0 Å². The smallest absolute Gasteiger partial charge is 0.226 e. The summed E-state index contributed by atoms with van der Waals surface area (Å²) in [5, 5.41) is 7.30. The maximum Gasteiger partial charge on any atom is 0.226 e. The molecule has 1 aromatic heterocycles. The van der Waals surface area contributed by atoms with Gasteiger partial charge in [-0.1, -0.05) is 30.3 Å². The van der Waals surface area contributed by atoms with Crippen molar-refractivity contribution in [3.63, 3.8) is 0 Å². The molecule has 0 bridgehead atoms. The monoisotopic (exact) mass is 299 g/mol. The number of hydrogen-bond donors (Lipinski definition) is 1. The Labute approximate surface area is 130 Å². The minimum Gasteiger partial charge on any atom is -0.371 e. The molecule has 1 N–H and O–H groups in total. The van der Waals surface area contributed by atoms with Crippen molar-refractivity contribution in [2.45, 2.75) is 26.0 Å². The van der Waals surface area contributed by atoms with Gasteiger partial charge in [-0.25, -0.2) is 0 Å². The molecular formula is C17H21N3O2. The molecule has 1 aliphatic rings. The van der Waals surface area contributed by atoms with Crippen molar-refractivity contribution < 1.29 is 9.53 Å². The van der Waals surface area contributed by atoms with E-state index in [0.29, 0.717) is 19.7 Å². The van der Waals surface area contributed by atoms with Gasteiger partial charge in [-0.3, -0.25) is 9.48 Å². The van der Waals surface area contributed by atoms with E-state index < -0.39 is 0 Å². The third-order valence-electron chi connectivity index (χ3n) is 4.00. The van der Waals surface area contributed by atoms with Crippen LogP contribution in [0.25, 0.3) is 0 Å². The zero-order valence-corrected chi connectivity index (χ0v) is 12.7. The lowest BCUT2D eigenvalue weighted by atomic mass is 9.98. The summed E-state index contributed by atoms with van der Waals surface area (Å²) in [6, 6.07) is 12.1. The van der Waals surface area contributed by atoms with Crippen LogP contribution in [-0.4, -0.2) is 28.8 Å². The molecule has 1 aliphatic heterocycles. The van der Waals surface area contributed by atoms with Gasteiger partial charge in [-0.15, -0.1) is 0 Å². The number of amides is 1. The van der Waals surface area contributed by atoms with E-state index in [9.17, 15) is 4.79 Å². The standard InChI is InChI=1S/C17H21N3O2/c1-2-18-17(21)14-9-11-22-16(14)15-8-10-19-20(15)12-13-6-4-3-5-7-13/h3-8,10,14,16H,2,9,11-12H2,1H3,(H,18,21)/t14-,16-/m0/s1. The highest BCUT2D eigenvalue weighted by Gasteiger charge is 2.36. The first-order valence-electron chi connectivity index (χ1n) is 7.74. The molecule has 0 saturated carbocycles. The Morgan fingerprint density at radius 3 is 2.95 bits per heavy atom. The number of ether oxygens (including phenoxy) is 1. The Balaban J connectivity index is 1.80. The van der Waals surface area contributed by atoms with Gasteiger partial charge in [0.05, 0.1) is 18.2 Å². The Morgan fingerprint density at radius 1 is 1.36 bits per heavy atom. The van der Waals surface area contributed by atoms with Gasteiger partial charge >= 0.3 is 0 Å².